The Kier molecular flexibility index (Phi) is 5.16. The number of nitrogens with one attached hydrogen (secondary N) is 2. The Morgan fingerprint density at radius 2 is 2.00 bits per heavy atom. The number of rotatable bonds is 6. The maximum atomic E-state index is 6.36. The van der Waals surface area contributed by atoms with Gasteiger partial charge in [0.1, 0.15) is 22.6 Å². The minimum atomic E-state index is 0.496. The third-order valence-corrected chi connectivity index (χ3v) is 6.22. The number of H-pyrrole nitrogens is 1. The van der Waals surface area contributed by atoms with Crippen molar-refractivity contribution in [3.63, 3.8) is 0 Å². The second-order valence-corrected chi connectivity index (χ2v) is 8.64. The van der Waals surface area contributed by atoms with Crippen molar-refractivity contribution in [2.24, 2.45) is 0 Å². The summed E-state index contributed by atoms with van der Waals surface area (Å²) in [7, 11) is 3.89. The van der Waals surface area contributed by atoms with E-state index >= 15 is 0 Å². The van der Waals surface area contributed by atoms with Crippen molar-refractivity contribution in [2.75, 3.05) is 50.6 Å². The molecule has 0 amide bonds. The Morgan fingerprint density at radius 3 is 2.73 bits per heavy atom. The van der Waals surface area contributed by atoms with E-state index in [4.69, 9.17) is 26.3 Å². The Balaban J connectivity index is 1.43. The van der Waals surface area contributed by atoms with Gasteiger partial charge in [-0.05, 0) is 26.0 Å². The fraction of sp³-hybridized carbons (Fsp3) is 0.455. The van der Waals surface area contributed by atoms with Gasteiger partial charge in [0.15, 0.2) is 5.82 Å². The number of anilines is 2. The molecule has 0 unspecified atom stereocenters. The maximum absolute atomic E-state index is 6.36. The topological polar surface area (TPSA) is 69.3 Å². The van der Waals surface area contributed by atoms with Gasteiger partial charge >= 0.3 is 0 Å². The van der Waals surface area contributed by atoms with E-state index in [1.165, 1.54) is 18.5 Å². The zero-order valence-electron chi connectivity index (χ0n) is 17.4. The van der Waals surface area contributed by atoms with Gasteiger partial charge in [-0.15, -0.1) is 0 Å². The van der Waals surface area contributed by atoms with E-state index < -0.39 is 0 Å². The van der Waals surface area contributed by atoms with E-state index in [1.54, 1.807) is 13.3 Å². The zero-order valence-corrected chi connectivity index (χ0v) is 18.2. The van der Waals surface area contributed by atoms with E-state index in [9.17, 15) is 0 Å². The van der Waals surface area contributed by atoms with Gasteiger partial charge in [0.25, 0.3) is 0 Å². The molecule has 0 bridgehead atoms. The number of methoxy groups -OCH3 is 1. The molecule has 2 N–H and O–H groups in total. The molecule has 5 rings (SSSR count). The average molecular weight is 427 g/mol. The van der Waals surface area contributed by atoms with Gasteiger partial charge in [0.2, 0.25) is 0 Å². The van der Waals surface area contributed by atoms with E-state index in [-0.39, 0.29) is 0 Å². The van der Waals surface area contributed by atoms with Crippen LogP contribution < -0.4 is 15.0 Å². The monoisotopic (exact) mass is 426 g/mol. The van der Waals surface area contributed by atoms with Crippen LogP contribution in [0.15, 0.2) is 24.4 Å². The first-order valence-electron chi connectivity index (χ1n) is 10.5. The molecule has 2 aromatic heterocycles. The molecule has 1 saturated carbocycles. The molecule has 8 heteroatoms. The van der Waals surface area contributed by atoms with Crippen molar-refractivity contribution in [2.45, 2.75) is 25.3 Å². The Morgan fingerprint density at radius 1 is 1.20 bits per heavy atom. The van der Waals surface area contributed by atoms with Crippen LogP contribution in [0, 0.1) is 0 Å². The van der Waals surface area contributed by atoms with Crippen molar-refractivity contribution < 1.29 is 4.74 Å². The molecule has 2 fully saturated rings. The number of hydrogen-bond acceptors (Lipinski definition) is 6. The predicted molar refractivity (Wildman–Crippen MR) is 121 cm³/mol. The number of likely N-dealkylation sites (N-methyl/N-ethyl adjacent to an activating group) is 1. The van der Waals surface area contributed by atoms with Crippen molar-refractivity contribution in [1.82, 2.24) is 19.9 Å². The first-order valence-corrected chi connectivity index (χ1v) is 10.9. The van der Waals surface area contributed by atoms with Crippen LogP contribution in [-0.4, -0.2) is 66.2 Å². The fourth-order valence-corrected chi connectivity index (χ4v) is 4.13. The highest BCUT2D eigenvalue weighted by Crippen LogP contribution is 2.32. The molecule has 3 aromatic rings. The lowest BCUT2D eigenvalue weighted by Gasteiger charge is -2.34. The number of ether oxygens (including phenoxy) is 1. The summed E-state index contributed by atoms with van der Waals surface area (Å²) in [4.78, 5) is 17.5. The number of piperazine rings is 1. The molecule has 1 aliphatic heterocycles. The summed E-state index contributed by atoms with van der Waals surface area (Å²) < 4.78 is 5.73. The Bertz CT molecular complexity index is 1060. The summed E-state index contributed by atoms with van der Waals surface area (Å²) in [5, 5.41) is 4.12. The molecule has 30 heavy (non-hydrogen) atoms. The van der Waals surface area contributed by atoms with Gasteiger partial charge < -0.3 is 24.8 Å². The van der Waals surface area contributed by atoms with Crippen LogP contribution in [0.2, 0.25) is 5.02 Å². The van der Waals surface area contributed by atoms with E-state index in [2.05, 4.69) is 45.3 Å². The molecule has 2 aliphatic rings. The second kappa shape index (κ2) is 7.96. The highest BCUT2D eigenvalue weighted by Gasteiger charge is 2.24. The van der Waals surface area contributed by atoms with Crippen molar-refractivity contribution in [3.05, 3.63) is 40.8 Å². The lowest BCUT2D eigenvalue weighted by Crippen LogP contribution is -2.44. The molecule has 158 valence electrons. The molecule has 1 saturated heterocycles. The summed E-state index contributed by atoms with van der Waals surface area (Å²) in [6.45, 7) is 4.21. The van der Waals surface area contributed by atoms with Gasteiger partial charge in [-0.1, -0.05) is 17.7 Å². The van der Waals surface area contributed by atoms with Crippen LogP contribution >= 0.6 is 11.6 Å². The van der Waals surface area contributed by atoms with E-state index in [0.29, 0.717) is 17.5 Å². The average Bonchev–Trinajstić information content (AvgIpc) is 3.50. The number of halogens is 1. The smallest absolute Gasteiger partial charge is 0.154 e. The molecule has 0 radical (unpaired) electrons. The van der Waals surface area contributed by atoms with Crippen LogP contribution in [0.25, 0.3) is 11.0 Å². The minimum Gasteiger partial charge on any atom is -0.496 e. The van der Waals surface area contributed by atoms with Gasteiger partial charge in [-0.2, -0.15) is 0 Å². The van der Waals surface area contributed by atoms with Gasteiger partial charge in [0.05, 0.1) is 12.1 Å². The van der Waals surface area contributed by atoms with Crippen LogP contribution in [-0.2, 0) is 6.42 Å². The van der Waals surface area contributed by atoms with Gasteiger partial charge in [-0.3, -0.25) is 0 Å². The maximum Gasteiger partial charge on any atom is 0.154 e. The molecule has 0 atom stereocenters. The third kappa shape index (κ3) is 3.91. The molecule has 1 aromatic carbocycles. The highest BCUT2D eigenvalue weighted by molar-refractivity contribution is 6.35. The van der Waals surface area contributed by atoms with E-state index in [0.717, 1.165) is 60.2 Å². The Labute approximate surface area is 181 Å². The second-order valence-electron chi connectivity index (χ2n) is 8.23. The summed E-state index contributed by atoms with van der Waals surface area (Å²) in [5.74, 6) is 2.43. The number of fused-ring (bicyclic) bond motifs is 1. The van der Waals surface area contributed by atoms with E-state index in [1.807, 2.05) is 0 Å². The standard InChI is InChI=1S/C22H27ClN6O/c1-28-7-9-29(10-8-28)16-6-3-14(18(12-16)30-2)11-19-26-20-17(23)13-24-21(20)22(27-19)25-15-4-5-15/h3,6,12-13,15,24H,4-5,7-11H2,1-2H3,(H,25,26,27). The van der Waals surface area contributed by atoms with Crippen LogP contribution in [0.4, 0.5) is 11.5 Å². The largest absolute Gasteiger partial charge is 0.496 e. The number of nitrogens with zero attached hydrogens (tertiary/aromatic N) is 4. The quantitative estimate of drug-likeness (QED) is 0.628. The molecule has 0 spiro atoms. The number of aromatic nitrogens is 3. The number of hydrogen-bond donors (Lipinski definition) is 2. The zero-order chi connectivity index (χ0) is 20.7. The van der Waals surface area contributed by atoms with Crippen LogP contribution in [0.3, 0.4) is 0 Å². The van der Waals surface area contributed by atoms with Crippen molar-refractivity contribution >= 4 is 34.1 Å². The summed E-state index contributed by atoms with van der Waals surface area (Å²) in [6, 6.07) is 6.93. The highest BCUT2D eigenvalue weighted by atomic mass is 35.5. The first-order chi connectivity index (χ1) is 14.6. The molecule has 7 nitrogen and oxygen atoms in total. The van der Waals surface area contributed by atoms with Gasteiger partial charge in [0, 0.05) is 62.2 Å². The molecular formula is C22H27ClN6O. The van der Waals surface area contributed by atoms with Gasteiger partial charge in [-0.25, -0.2) is 9.97 Å². The number of aromatic amines is 1. The molecular weight excluding hydrogens is 400 g/mol. The lowest BCUT2D eigenvalue weighted by atomic mass is 10.1. The van der Waals surface area contributed by atoms with Crippen LogP contribution in [0.1, 0.15) is 24.2 Å². The molecule has 3 heterocycles. The predicted octanol–water partition coefficient (Wildman–Crippen LogP) is 3.54. The normalized spacial score (nSPS) is 17.5. The SMILES string of the molecule is COc1cc(N2CCN(C)CC2)ccc1Cc1nc(NC2CC2)c2[nH]cc(Cl)c2n1. The summed E-state index contributed by atoms with van der Waals surface area (Å²) in [6.07, 6.45) is 4.71. The summed E-state index contributed by atoms with van der Waals surface area (Å²) >= 11 is 6.36. The van der Waals surface area contributed by atoms with Crippen LogP contribution in [0.5, 0.6) is 5.75 Å². The first kappa shape index (κ1) is 19.5. The lowest BCUT2D eigenvalue weighted by molar-refractivity contribution is 0.312. The Hall–Kier alpha value is -2.51. The van der Waals surface area contributed by atoms with Crippen molar-refractivity contribution in [1.29, 1.82) is 0 Å². The minimum absolute atomic E-state index is 0.496. The fourth-order valence-electron chi connectivity index (χ4n) is 3.94. The molecule has 1 aliphatic carbocycles. The number of benzene rings is 1. The third-order valence-electron chi connectivity index (χ3n) is 5.93. The van der Waals surface area contributed by atoms with Crippen molar-refractivity contribution in [3.8, 4) is 5.75 Å². The summed E-state index contributed by atoms with van der Waals surface area (Å²) in [5.41, 5.74) is 3.90.